The van der Waals surface area contributed by atoms with Gasteiger partial charge in [-0.05, 0) is 55.7 Å². The van der Waals surface area contributed by atoms with Crippen molar-refractivity contribution < 1.29 is 29.0 Å². The summed E-state index contributed by atoms with van der Waals surface area (Å²) >= 11 is 0. The fraction of sp³-hybridized carbons (Fsp3) is 0.450. The van der Waals surface area contributed by atoms with Gasteiger partial charge < -0.3 is 31.1 Å². The first-order valence-electron chi connectivity index (χ1n) is 17.5. The van der Waals surface area contributed by atoms with E-state index in [1.54, 1.807) is 13.8 Å². The van der Waals surface area contributed by atoms with Crippen molar-refractivity contribution >= 4 is 23.8 Å². The second kappa shape index (κ2) is 19.6. The summed E-state index contributed by atoms with van der Waals surface area (Å²) in [5.74, 6) is -2.10. The molecule has 0 saturated heterocycles. The number of carbonyl (C=O) groups excluding carboxylic acids is 4. The van der Waals surface area contributed by atoms with E-state index in [9.17, 15) is 24.3 Å². The largest absolute Gasteiger partial charge is 0.445 e. The summed E-state index contributed by atoms with van der Waals surface area (Å²) in [4.78, 5) is 54.1. The van der Waals surface area contributed by atoms with Gasteiger partial charge in [0.05, 0.1) is 12.1 Å². The van der Waals surface area contributed by atoms with Gasteiger partial charge in [-0.2, -0.15) is 0 Å². The average Bonchev–Trinajstić information content (AvgIpc) is 3.08. The van der Waals surface area contributed by atoms with Gasteiger partial charge >= 0.3 is 6.09 Å². The first-order valence-corrected chi connectivity index (χ1v) is 17.5. The highest BCUT2D eigenvalue weighted by Gasteiger charge is 2.38. The monoisotopic (exact) mass is 701 g/mol. The first-order chi connectivity index (χ1) is 24.1. The molecule has 0 spiro atoms. The predicted molar refractivity (Wildman–Crippen MR) is 198 cm³/mol. The third-order valence-corrected chi connectivity index (χ3v) is 8.21. The van der Waals surface area contributed by atoms with Gasteiger partial charge in [0.25, 0.3) is 0 Å². The van der Waals surface area contributed by atoms with E-state index < -0.39 is 53.7 Å². The van der Waals surface area contributed by atoms with E-state index in [-0.39, 0.29) is 37.3 Å². The average molecular weight is 702 g/mol. The number of aliphatic hydroxyl groups is 1. The topological polar surface area (TPSA) is 158 Å². The number of benzene rings is 3. The number of carbonyl (C=O) groups is 4. The Morgan fingerprint density at radius 3 is 1.61 bits per heavy atom. The Kier molecular flexibility index (Phi) is 15.6. The Labute approximate surface area is 302 Å². The molecule has 0 bridgehead atoms. The van der Waals surface area contributed by atoms with Crippen LogP contribution >= 0.6 is 0 Å². The molecule has 6 N–H and O–H groups in total. The molecule has 0 radical (unpaired) electrons. The van der Waals surface area contributed by atoms with E-state index in [4.69, 9.17) is 4.74 Å². The van der Waals surface area contributed by atoms with Crippen molar-refractivity contribution in [2.24, 2.45) is 11.8 Å². The molecule has 0 heterocycles. The number of nitrogens with one attached hydrogen (secondary N) is 5. The van der Waals surface area contributed by atoms with Gasteiger partial charge in [0.15, 0.2) is 0 Å². The number of aliphatic hydroxyl groups excluding tert-OH is 1. The van der Waals surface area contributed by atoms with Crippen LogP contribution in [0.25, 0.3) is 0 Å². The summed E-state index contributed by atoms with van der Waals surface area (Å²) in [6.07, 6.45) is -2.05. The lowest BCUT2D eigenvalue weighted by Crippen LogP contribution is -2.63. The summed E-state index contributed by atoms with van der Waals surface area (Å²) in [7, 11) is 0. The Bertz CT molecular complexity index is 1530. The normalized spacial score (nSPS) is 14.5. The van der Waals surface area contributed by atoms with Gasteiger partial charge in [0, 0.05) is 12.1 Å². The summed E-state index contributed by atoms with van der Waals surface area (Å²) in [5.41, 5.74) is 1.95. The van der Waals surface area contributed by atoms with Gasteiger partial charge in [-0.1, -0.05) is 119 Å². The highest BCUT2D eigenvalue weighted by molar-refractivity contribution is 5.91. The van der Waals surface area contributed by atoms with Crippen molar-refractivity contribution in [3.8, 4) is 0 Å². The summed E-state index contributed by atoms with van der Waals surface area (Å²) < 4.78 is 5.38. The van der Waals surface area contributed by atoms with Crippen LogP contribution in [0.3, 0.4) is 0 Å². The molecule has 3 rings (SSSR count). The highest BCUT2D eigenvalue weighted by Crippen LogP contribution is 2.14. The van der Waals surface area contributed by atoms with E-state index in [1.807, 2.05) is 126 Å². The molecule has 4 amide bonds. The van der Waals surface area contributed by atoms with E-state index in [2.05, 4.69) is 26.6 Å². The number of alkyl carbamates (subject to hydrolysis) is 1. The van der Waals surface area contributed by atoms with Crippen LogP contribution in [0.4, 0.5) is 4.79 Å². The van der Waals surface area contributed by atoms with Crippen LogP contribution in [-0.4, -0.2) is 64.7 Å². The molecule has 4 unspecified atom stereocenters. The molecule has 0 saturated carbocycles. The molecule has 3 aromatic carbocycles. The summed E-state index contributed by atoms with van der Waals surface area (Å²) in [6.45, 7) is 13.1. The maximum atomic E-state index is 14.1. The third kappa shape index (κ3) is 13.8. The Morgan fingerprint density at radius 2 is 1.10 bits per heavy atom. The molecular weight excluding hydrogens is 646 g/mol. The number of ether oxygens (including phenoxy) is 1. The molecule has 0 aliphatic heterocycles. The molecule has 51 heavy (non-hydrogen) atoms. The van der Waals surface area contributed by atoms with Crippen molar-refractivity contribution in [2.45, 2.75) is 104 Å². The van der Waals surface area contributed by atoms with Crippen LogP contribution in [0, 0.1) is 11.8 Å². The van der Waals surface area contributed by atoms with E-state index in [0.717, 1.165) is 16.7 Å². The molecule has 0 aromatic heterocycles. The van der Waals surface area contributed by atoms with Gasteiger partial charge in [0.2, 0.25) is 17.7 Å². The molecule has 5 atom stereocenters. The number of amides is 4. The minimum Gasteiger partial charge on any atom is -0.445 e. The number of hydrogen-bond donors (Lipinski definition) is 6. The zero-order chi connectivity index (χ0) is 37.6. The first kappa shape index (κ1) is 40.7. The molecule has 11 heteroatoms. The second-order valence-electron chi connectivity index (χ2n) is 14.5. The fourth-order valence-electron chi connectivity index (χ4n) is 5.47. The SMILES string of the molecule is CC(C)C(NC(=O)OCc1ccccc1)C(=O)NC(Cc1ccccc1)C(O)C(NCc1ccccc1)C(=O)N[C@@H](C(=O)NC(C)(C)C)C(C)C. The van der Waals surface area contributed by atoms with Crippen LogP contribution in [0.15, 0.2) is 91.0 Å². The van der Waals surface area contributed by atoms with Crippen LogP contribution in [0.5, 0.6) is 0 Å². The van der Waals surface area contributed by atoms with E-state index in [0.29, 0.717) is 0 Å². The summed E-state index contributed by atoms with van der Waals surface area (Å²) in [5, 5.41) is 26.6. The molecule has 0 fully saturated rings. The Morgan fingerprint density at radius 1 is 0.627 bits per heavy atom. The zero-order valence-electron chi connectivity index (χ0n) is 30.8. The van der Waals surface area contributed by atoms with E-state index >= 15 is 0 Å². The van der Waals surface area contributed by atoms with Crippen molar-refractivity contribution in [3.63, 3.8) is 0 Å². The maximum absolute atomic E-state index is 14.1. The van der Waals surface area contributed by atoms with Crippen molar-refractivity contribution in [1.29, 1.82) is 0 Å². The smallest absolute Gasteiger partial charge is 0.408 e. The third-order valence-electron chi connectivity index (χ3n) is 8.21. The van der Waals surface area contributed by atoms with Gasteiger partial charge in [0.1, 0.15) is 24.7 Å². The lowest BCUT2D eigenvalue weighted by atomic mass is 9.93. The summed E-state index contributed by atoms with van der Waals surface area (Å²) in [6, 6.07) is 23.8. The Hall–Kier alpha value is -4.74. The lowest BCUT2D eigenvalue weighted by molar-refractivity contribution is -0.134. The minimum atomic E-state index is -1.46. The quantitative estimate of drug-likeness (QED) is 0.123. The van der Waals surface area contributed by atoms with Crippen LogP contribution < -0.4 is 26.6 Å². The van der Waals surface area contributed by atoms with Crippen molar-refractivity contribution in [3.05, 3.63) is 108 Å². The van der Waals surface area contributed by atoms with Crippen molar-refractivity contribution in [1.82, 2.24) is 26.6 Å². The van der Waals surface area contributed by atoms with E-state index in [1.165, 1.54) is 0 Å². The standard InChI is InChI=1S/C40H55N5O6/c1-26(2)32(44-39(50)51-25-30-21-15-10-16-22-30)36(47)42-31(23-28-17-11-8-12-18-28)35(46)34(41-24-29-19-13-9-14-20-29)37(48)43-33(27(3)4)38(49)45-40(5,6)7/h8-22,26-27,31-35,41,46H,23-25H2,1-7H3,(H,42,47)(H,43,48)(H,44,50)(H,45,49)/t31?,32?,33-,34?,35?/m1/s1. The predicted octanol–water partition coefficient (Wildman–Crippen LogP) is 4.24. The fourth-order valence-corrected chi connectivity index (χ4v) is 5.47. The molecule has 3 aromatic rings. The highest BCUT2D eigenvalue weighted by atomic mass is 16.5. The van der Waals surface area contributed by atoms with Gasteiger partial charge in [-0.3, -0.25) is 19.7 Å². The minimum absolute atomic E-state index is 0.0312. The van der Waals surface area contributed by atoms with Crippen LogP contribution in [0.2, 0.25) is 0 Å². The molecule has 0 aliphatic rings. The van der Waals surface area contributed by atoms with Gasteiger partial charge in [-0.25, -0.2) is 4.79 Å². The lowest BCUT2D eigenvalue weighted by Gasteiger charge is -2.34. The van der Waals surface area contributed by atoms with Crippen LogP contribution in [-0.2, 0) is 38.7 Å². The number of hydrogen-bond acceptors (Lipinski definition) is 7. The molecule has 276 valence electrons. The molecule has 11 nitrogen and oxygen atoms in total. The molecule has 0 aliphatic carbocycles. The number of rotatable bonds is 17. The zero-order valence-corrected chi connectivity index (χ0v) is 30.8. The second-order valence-corrected chi connectivity index (χ2v) is 14.5. The van der Waals surface area contributed by atoms with Crippen molar-refractivity contribution in [2.75, 3.05) is 0 Å². The Balaban J connectivity index is 1.90. The van der Waals surface area contributed by atoms with Gasteiger partial charge in [-0.15, -0.1) is 0 Å². The van der Waals surface area contributed by atoms with Crippen LogP contribution in [0.1, 0.15) is 65.2 Å². The molecular formula is C40H55N5O6. The maximum Gasteiger partial charge on any atom is 0.408 e.